The van der Waals surface area contributed by atoms with Crippen LogP contribution in [0.2, 0.25) is 10.0 Å². The summed E-state index contributed by atoms with van der Waals surface area (Å²) < 4.78 is 12.6. The third kappa shape index (κ3) is 7.34. The summed E-state index contributed by atoms with van der Waals surface area (Å²) >= 11 is 12.5. The molecule has 0 aliphatic carbocycles. The molecule has 1 aliphatic heterocycles. The third-order valence-electron chi connectivity index (χ3n) is 7.66. The van der Waals surface area contributed by atoms with Gasteiger partial charge in [-0.3, -0.25) is 9.48 Å². The number of rotatable bonds is 7. The molecule has 1 amide bonds. The number of halogens is 2. The molecule has 43 heavy (non-hydrogen) atoms. The van der Waals surface area contributed by atoms with Crippen molar-refractivity contribution in [3.8, 4) is 0 Å². The Bertz CT molecular complexity index is 1540. The molecule has 0 bridgehead atoms. The molecule has 1 fully saturated rings. The van der Waals surface area contributed by atoms with Crippen molar-refractivity contribution >= 4 is 46.2 Å². The SMILES string of the molecule is CCOC(=O)Cn1nc(C2CCN(C(=O)OC(C)(C)C)CC2)c2cc(C(c3ccc(Cl)cc3)c3ccc(Cl)cc3)ccc21. The molecule has 5 rings (SSSR count). The van der Waals surface area contributed by atoms with E-state index in [0.29, 0.717) is 29.7 Å². The topological polar surface area (TPSA) is 73.7 Å². The van der Waals surface area contributed by atoms with E-state index in [1.165, 1.54) is 0 Å². The maximum Gasteiger partial charge on any atom is 0.410 e. The minimum Gasteiger partial charge on any atom is -0.465 e. The number of likely N-dealkylation sites (tertiary alicyclic amines) is 1. The second kappa shape index (κ2) is 13.0. The van der Waals surface area contributed by atoms with Crippen molar-refractivity contribution in [2.45, 2.75) is 64.5 Å². The van der Waals surface area contributed by atoms with E-state index < -0.39 is 5.60 Å². The Morgan fingerprint density at radius 3 is 2.00 bits per heavy atom. The molecule has 3 aromatic carbocycles. The minimum absolute atomic E-state index is 0.0260. The fourth-order valence-electron chi connectivity index (χ4n) is 5.70. The first kappa shape index (κ1) is 30.9. The Hall–Kier alpha value is -3.55. The zero-order chi connectivity index (χ0) is 30.7. The number of nitrogens with zero attached hydrogens (tertiary/aromatic N) is 3. The Labute approximate surface area is 262 Å². The van der Waals surface area contributed by atoms with E-state index in [2.05, 4.69) is 12.1 Å². The average Bonchev–Trinajstić information content (AvgIpc) is 3.32. The van der Waals surface area contributed by atoms with Crippen LogP contribution in [0.4, 0.5) is 4.79 Å². The van der Waals surface area contributed by atoms with Crippen LogP contribution in [-0.4, -0.2) is 52.0 Å². The summed E-state index contributed by atoms with van der Waals surface area (Å²) in [7, 11) is 0. The number of hydrogen-bond donors (Lipinski definition) is 0. The fourth-order valence-corrected chi connectivity index (χ4v) is 5.95. The van der Waals surface area contributed by atoms with Crippen LogP contribution >= 0.6 is 23.2 Å². The van der Waals surface area contributed by atoms with Crippen LogP contribution < -0.4 is 0 Å². The van der Waals surface area contributed by atoms with Gasteiger partial charge < -0.3 is 14.4 Å². The molecule has 7 nitrogen and oxygen atoms in total. The molecular formula is C34H37Cl2N3O4. The van der Waals surface area contributed by atoms with Gasteiger partial charge >= 0.3 is 12.1 Å². The van der Waals surface area contributed by atoms with Crippen molar-refractivity contribution in [2.75, 3.05) is 19.7 Å². The van der Waals surface area contributed by atoms with Gasteiger partial charge in [-0.15, -0.1) is 0 Å². The average molecular weight is 623 g/mol. The van der Waals surface area contributed by atoms with E-state index in [4.69, 9.17) is 37.8 Å². The number of hydrogen-bond acceptors (Lipinski definition) is 5. The molecule has 0 spiro atoms. The molecule has 9 heteroatoms. The molecule has 4 aromatic rings. The molecule has 0 radical (unpaired) electrons. The van der Waals surface area contributed by atoms with Gasteiger partial charge in [0.1, 0.15) is 12.1 Å². The second-order valence-corrected chi connectivity index (χ2v) is 12.8. The molecule has 0 atom stereocenters. The molecule has 0 saturated carbocycles. The summed E-state index contributed by atoms with van der Waals surface area (Å²) in [6.45, 7) is 8.90. The van der Waals surface area contributed by atoms with Gasteiger partial charge in [0.05, 0.1) is 17.8 Å². The molecule has 2 heterocycles. The van der Waals surface area contributed by atoms with Gasteiger partial charge in [0.15, 0.2) is 0 Å². The fraction of sp³-hybridized carbons (Fsp3) is 0.382. The Morgan fingerprint density at radius 1 is 0.907 bits per heavy atom. The number of ether oxygens (including phenoxy) is 2. The number of carbonyl (C=O) groups is 2. The van der Waals surface area contributed by atoms with Crippen molar-refractivity contribution in [1.82, 2.24) is 14.7 Å². The lowest BCUT2D eigenvalue weighted by Crippen LogP contribution is -2.41. The van der Waals surface area contributed by atoms with Gasteiger partial charge in [-0.05, 0) is 93.6 Å². The first-order chi connectivity index (χ1) is 20.5. The zero-order valence-corrected chi connectivity index (χ0v) is 26.5. The lowest BCUT2D eigenvalue weighted by atomic mass is 9.84. The number of fused-ring (bicyclic) bond motifs is 1. The molecule has 0 N–H and O–H groups in total. The lowest BCUT2D eigenvalue weighted by Gasteiger charge is -2.33. The van der Waals surface area contributed by atoms with E-state index in [1.54, 1.807) is 16.5 Å². The molecule has 1 aromatic heterocycles. The number of carbonyl (C=O) groups excluding carboxylic acids is 2. The predicted molar refractivity (Wildman–Crippen MR) is 170 cm³/mol. The summed E-state index contributed by atoms with van der Waals surface area (Å²) in [5.41, 5.74) is 4.52. The van der Waals surface area contributed by atoms with Gasteiger partial charge in [0.25, 0.3) is 0 Å². The highest BCUT2D eigenvalue weighted by molar-refractivity contribution is 6.30. The van der Waals surface area contributed by atoms with Crippen molar-refractivity contribution in [1.29, 1.82) is 0 Å². The van der Waals surface area contributed by atoms with Crippen LogP contribution in [0.5, 0.6) is 0 Å². The molecule has 226 valence electrons. The Balaban J connectivity index is 1.54. The van der Waals surface area contributed by atoms with E-state index in [0.717, 1.165) is 46.1 Å². The lowest BCUT2D eigenvalue weighted by molar-refractivity contribution is -0.143. The van der Waals surface area contributed by atoms with Crippen molar-refractivity contribution < 1.29 is 19.1 Å². The van der Waals surface area contributed by atoms with Crippen LogP contribution in [0, 0.1) is 0 Å². The number of aromatic nitrogens is 2. The standard InChI is InChI=1S/C34H37Cl2N3O4/c1-5-42-30(40)21-39-29-15-10-25(31(22-6-11-26(35)12-7-22)23-8-13-27(36)14-9-23)20-28(29)32(37-39)24-16-18-38(19-17-24)33(41)43-34(2,3)4/h6-15,20,24,31H,5,16-19,21H2,1-4H3. The van der Waals surface area contributed by atoms with Crippen molar-refractivity contribution in [3.05, 3.63) is 99.2 Å². The minimum atomic E-state index is -0.545. The van der Waals surface area contributed by atoms with Crippen LogP contribution in [-0.2, 0) is 20.8 Å². The summed E-state index contributed by atoms with van der Waals surface area (Å²) in [4.78, 5) is 27.0. The van der Waals surface area contributed by atoms with Crippen LogP contribution in [0.25, 0.3) is 10.9 Å². The number of piperidine rings is 1. The first-order valence-electron chi connectivity index (χ1n) is 14.7. The maximum absolute atomic E-state index is 12.7. The molecular weight excluding hydrogens is 585 g/mol. The van der Waals surface area contributed by atoms with Crippen molar-refractivity contribution in [3.63, 3.8) is 0 Å². The van der Waals surface area contributed by atoms with Gasteiger partial charge in [0.2, 0.25) is 0 Å². The Kier molecular flexibility index (Phi) is 9.33. The summed E-state index contributed by atoms with van der Waals surface area (Å²) in [6.07, 6.45) is 1.19. The maximum atomic E-state index is 12.7. The summed E-state index contributed by atoms with van der Waals surface area (Å²) in [6, 6.07) is 22.1. The Morgan fingerprint density at radius 2 is 1.47 bits per heavy atom. The predicted octanol–water partition coefficient (Wildman–Crippen LogP) is 8.20. The molecule has 1 saturated heterocycles. The van der Waals surface area contributed by atoms with Gasteiger partial charge in [-0.2, -0.15) is 5.10 Å². The van der Waals surface area contributed by atoms with E-state index in [1.807, 2.05) is 75.4 Å². The summed E-state index contributed by atoms with van der Waals surface area (Å²) in [5.74, 6) is -0.291. The van der Waals surface area contributed by atoms with Crippen molar-refractivity contribution in [2.24, 2.45) is 0 Å². The monoisotopic (exact) mass is 621 g/mol. The smallest absolute Gasteiger partial charge is 0.410 e. The van der Waals surface area contributed by atoms with Crippen LogP contribution in [0.15, 0.2) is 66.7 Å². The number of benzene rings is 3. The van der Waals surface area contributed by atoms with Crippen LogP contribution in [0.1, 0.15) is 74.8 Å². The number of esters is 1. The molecule has 0 unspecified atom stereocenters. The largest absolute Gasteiger partial charge is 0.465 e. The quantitative estimate of drug-likeness (QED) is 0.154. The molecule has 1 aliphatic rings. The van der Waals surface area contributed by atoms with E-state index >= 15 is 0 Å². The number of amides is 1. The van der Waals surface area contributed by atoms with E-state index in [9.17, 15) is 9.59 Å². The third-order valence-corrected chi connectivity index (χ3v) is 8.16. The van der Waals surface area contributed by atoms with E-state index in [-0.39, 0.29) is 30.4 Å². The van der Waals surface area contributed by atoms with Gasteiger partial charge in [0, 0.05) is 40.4 Å². The summed E-state index contributed by atoms with van der Waals surface area (Å²) in [5, 5.41) is 7.32. The zero-order valence-electron chi connectivity index (χ0n) is 25.0. The second-order valence-electron chi connectivity index (χ2n) is 11.9. The normalized spacial score (nSPS) is 14.3. The van der Waals surface area contributed by atoms with Gasteiger partial charge in [-0.1, -0.05) is 53.5 Å². The van der Waals surface area contributed by atoms with Gasteiger partial charge in [-0.25, -0.2) is 4.79 Å². The first-order valence-corrected chi connectivity index (χ1v) is 15.4. The highest BCUT2D eigenvalue weighted by Crippen LogP contribution is 2.38. The van der Waals surface area contributed by atoms with Crippen LogP contribution in [0.3, 0.4) is 0 Å². The highest BCUT2D eigenvalue weighted by Gasteiger charge is 2.30. The highest BCUT2D eigenvalue weighted by atomic mass is 35.5.